The molecule has 176 valence electrons. The van der Waals surface area contributed by atoms with E-state index >= 15 is 0 Å². The molecule has 0 saturated carbocycles. The van der Waals surface area contributed by atoms with Crippen molar-refractivity contribution in [3.63, 3.8) is 0 Å². The van der Waals surface area contributed by atoms with Gasteiger partial charge in [-0.3, -0.25) is 4.79 Å². The van der Waals surface area contributed by atoms with E-state index in [1.54, 1.807) is 20.0 Å². The summed E-state index contributed by atoms with van der Waals surface area (Å²) in [5, 5.41) is 20.5. The number of nitrogen functional groups attached to an aromatic ring is 1. The van der Waals surface area contributed by atoms with E-state index in [9.17, 15) is 9.90 Å². The van der Waals surface area contributed by atoms with E-state index in [0.29, 0.717) is 60.1 Å². The van der Waals surface area contributed by atoms with Gasteiger partial charge in [-0.15, -0.1) is 0 Å². The number of hydrogen-bond donors (Lipinski definition) is 3. The lowest BCUT2D eigenvalue weighted by molar-refractivity contribution is -0.139. The highest BCUT2D eigenvalue weighted by molar-refractivity contribution is 5.89. The summed E-state index contributed by atoms with van der Waals surface area (Å²) in [5.74, 6) is 6.37. The van der Waals surface area contributed by atoms with Crippen molar-refractivity contribution in [2.45, 2.75) is 39.3 Å². The average molecular weight is 457 g/mol. The third-order valence-electron chi connectivity index (χ3n) is 4.52. The molecular weight excluding hydrogens is 430 g/mol. The van der Waals surface area contributed by atoms with Gasteiger partial charge in [0, 0.05) is 6.54 Å². The minimum Gasteiger partial charge on any atom is -0.490 e. The Hall–Kier alpha value is -3.69. The number of ether oxygens (including phenoxy) is 2. The molecule has 0 aliphatic heterocycles. The third-order valence-corrected chi connectivity index (χ3v) is 4.52. The van der Waals surface area contributed by atoms with Crippen LogP contribution in [0.5, 0.6) is 5.75 Å². The Morgan fingerprint density at radius 3 is 2.82 bits per heavy atom. The maximum Gasteiger partial charge on any atom is 0.319 e. The Labute approximate surface area is 190 Å². The Bertz CT molecular complexity index is 1180. The van der Waals surface area contributed by atoms with Crippen LogP contribution in [0.4, 0.5) is 5.82 Å². The van der Waals surface area contributed by atoms with Gasteiger partial charge in [-0.2, -0.15) is 0 Å². The normalized spacial score (nSPS) is 11.3. The number of nitrogens with two attached hydrogens (primary N) is 1. The van der Waals surface area contributed by atoms with Crippen molar-refractivity contribution in [1.82, 2.24) is 30.2 Å². The number of aliphatic hydroxyl groups is 1. The molecule has 4 N–H and O–H groups in total. The monoisotopic (exact) mass is 457 g/mol. The van der Waals surface area contributed by atoms with Gasteiger partial charge in [-0.1, -0.05) is 5.92 Å². The number of carbonyl (C=O) groups is 1. The zero-order chi connectivity index (χ0) is 24.0. The van der Waals surface area contributed by atoms with Gasteiger partial charge in [0.1, 0.15) is 22.3 Å². The molecule has 0 radical (unpaired) electrons. The van der Waals surface area contributed by atoms with Crippen LogP contribution in [-0.4, -0.2) is 68.3 Å². The van der Waals surface area contributed by atoms with Gasteiger partial charge in [0.05, 0.1) is 26.5 Å². The fraction of sp³-hybridized carbons (Fsp3) is 0.476. The molecule has 12 nitrogen and oxygen atoms in total. The number of methoxy groups -OCH3 is 1. The number of pyridine rings is 1. The van der Waals surface area contributed by atoms with Crippen LogP contribution in [0.2, 0.25) is 0 Å². The number of rotatable bonds is 9. The summed E-state index contributed by atoms with van der Waals surface area (Å²) in [7, 11) is 1.34. The van der Waals surface area contributed by atoms with Crippen molar-refractivity contribution < 1.29 is 24.0 Å². The number of hydrogen-bond acceptors (Lipinski definition) is 11. The standard InChI is InChI=1S/C21H27N7O5/c1-5-28-18-14(32-10-6-9-23-12-15(29)31-4)11-24-13(7-8-21(2,3)30)16(18)25-20(28)17-19(22)27-33-26-17/h11,23,30H,5-6,9-10,12H2,1-4H3,(H2,22,27). The lowest BCUT2D eigenvalue weighted by Crippen LogP contribution is -2.25. The molecule has 0 aromatic carbocycles. The molecule has 0 aliphatic rings. The van der Waals surface area contributed by atoms with E-state index in [1.807, 2.05) is 11.5 Å². The van der Waals surface area contributed by atoms with Gasteiger partial charge in [-0.05, 0) is 50.0 Å². The fourth-order valence-electron chi connectivity index (χ4n) is 3.00. The van der Waals surface area contributed by atoms with Crippen LogP contribution in [0.15, 0.2) is 10.8 Å². The Balaban J connectivity index is 1.95. The number of imidazole rings is 1. The van der Waals surface area contributed by atoms with Crippen LogP contribution < -0.4 is 15.8 Å². The first-order chi connectivity index (χ1) is 15.7. The van der Waals surface area contributed by atoms with E-state index in [2.05, 4.69) is 42.2 Å². The van der Waals surface area contributed by atoms with Gasteiger partial charge in [0.2, 0.25) is 0 Å². The number of nitrogens with one attached hydrogen (secondary N) is 1. The van der Waals surface area contributed by atoms with E-state index in [-0.39, 0.29) is 18.3 Å². The highest BCUT2D eigenvalue weighted by atomic mass is 16.6. The average Bonchev–Trinajstić information content (AvgIpc) is 3.37. The molecule has 0 bridgehead atoms. The summed E-state index contributed by atoms with van der Waals surface area (Å²) < 4.78 is 17.2. The summed E-state index contributed by atoms with van der Waals surface area (Å²) >= 11 is 0. The molecule has 0 unspecified atom stereocenters. The zero-order valence-corrected chi connectivity index (χ0v) is 19.0. The second-order valence-electron chi connectivity index (χ2n) is 7.61. The van der Waals surface area contributed by atoms with Crippen molar-refractivity contribution in [1.29, 1.82) is 0 Å². The first-order valence-corrected chi connectivity index (χ1v) is 10.4. The van der Waals surface area contributed by atoms with Crippen molar-refractivity contribution in [2.75, 3.05) is 32.5 Å². The quantitative estimate of drug-likeness (QED) is 0.236. The number of esters is 1. The van der Waals surface area contributed by atoms with Gasteiger partial charge >= 0.3 is 5.97 Å². The predicted octanol–water partition coefficient (Wildman–Crippen LogP) is 0.737. The fourth-order valence-corrected chi connectivity index (χ4v) is 3.00. The molecular formula is C21H27N7O5. The molecule has 0 fully saturated rings. The van der Waals surface area contributed by atoms with Crippen LogP contribution in [0.25, 0.3) is 22.6 Å². The van der Waals surface area contributed by atoms with E-state index < -0.39 is 5.60 Å². The molecule has 33 heavy (non-hydrogen) atoms. The third kappa shape index (κ3) is 5.76. The van der Waals surface area contributed by atoms with Crippen molar-refractivity contribution in [3.8, 4) is 29.1 Å². The second-order valence-corrected chi connectivity index (χ2v) is 7.61. The summed E-state index contributed by atoms with van der Waals surface area (Å²) in [6, 6.07) is 0. The van der Waals surface area contributed by atoms with Gasteiger partial charge in [0.15, 0.2) is 23.1 Å². The number of fused-ring (bicyclic) bond motifs is 1. The zero-order valence-electron chi connectivity index (χ0n) is 19.0. The molecule has 0 spiro atoms. The maximum absolute atomic E-state index is 11.2. The lowest BCUT2D eigenvalue weighted by Gasteiger charge is -2.11. The SMILES string of the molecule is CCn1c(-c2nonc2N)nc2c(C#CC(C)(C)O)ncc(OCCCNCC(=O)OC)c21. The lowest BCUT2D eigenvalue weighted by atomic mass is 10.1. The summed E-state index contributed by atoms with van der Waals surface area (Å²) in [6.07, 6.45) is 2.21. The molecule has 0 aliphatic carbocycles. The van der Waals surface area contributed by atoms with Crippen LogP contribution in [0.3, 0.4) is 0 Å². The molecule has 12 heteroatoms. The summed E-state index contributed by atoms with van der Waals surface area (Å²) in [6.45, 7) is 6.71. The Kier molecular flexibility index (Phi) is 7.47. The predicted molar refractivity (Wildman–Crippen MR) is 119 cm³/mol. The molecule has 0 amide bonds. The molecule has 0 saturated heterocycles. The summed E-state index contributed by atoms with van der Waals surface area (Å²) in [5.41, 5.74) is 6.52. The van der Waals surface area contributed by atoms with E-state index in [0.717, 1.165) is 0 Å². The maximum atomic E-state index is 11.2. The minimum absolute atomic E-state index is 0.108. The Morgan fingerprint density at radius 2 is 2.18 bits per heavy atom. The second kappa shape index (κ2) is 10.3. The number of anilines is 1. The highest BCUT2D eigenvalue weighted by Gasteiger charge is 2.23. The molecule has 3 aromatic heterocycles. The molecule has 3 aromatic rings. The van der Waals surface area contributed by atoms with Gasteiger partial charge < -0.3 is 30.2 Å². The van der Waals surface area contributed by atoms with E-state index in [4.69, 9.17) is 15.1 Å². The number of carbonyl (C=O) groups excluding carboxylic acids is 1. The number of nitrogens with zero attached hydrogens (tertiary/aromatic N) is 5. The van der Waals surface area contributed by atoms with Gasteiger partial charge in [0.25, 0.3) is 0 Å². The first-order valence-electron chi connectivity index (χ1n) is 10.4. The van der Waals surface area contributed by atoms with Crippen molar-refractivity contribution in [3.05, 3.63) is 11.9 Å². The smallest absolute Gasteiger partial charge is 0.319 e. The molecule has 3 rings (SSSR count). The van der Waals surface area contributed by atoms with Gasteiger partial charge in [-0.25, -0.2) is 14.6 Å². The number of aryl methyl sites for hydroxylation is 1. The molecule has 0 atom stereocenters. The topological polar surface area (TPSA) is 163 Å². The summed E-state index contributed by atoms with van der Waals surface area (Å²) in [4.78, 5) is 20.2. The van der Waals surface area contributed by atoms with Crippen LogP contribution in [0.1, 0.15) is 32.9 Å². The number of aromatic nitrogens is 5. The Morgan fingerprint density at radius 1 is 1.39 bits per heavy atom. The molecule has 3 heterocycles. The van der Waals surface area contributed by atoms with Crippen LogP contribution >= 0.6 is 0 Å². The first kappa shape index (κ1) is 24.0. The highest BCUT2D eigenvalue weighted by Crippen LogP contribution is 2.33. The van der Waals surface area contributed by atoms with Crippen LogP contribution in [-0.2, 0) is 16.1 Å². The van der Waals surface area contributed by atoms with Crippen LogP contribution in [0, 0.1) is 11.8 Å². The largest absolute Gasteiger partial charge is 0.490 e. The van der Waals surface area contributed by atoms with E-state index in [1.165, 1.54) is 7.11 Å². The van der Waals surface area contributed by atoms with Crippen molar-refractivity contribution in [2.24, 2.45) is 0 Å². The van der Waals surface area contributed by atoms with Crippen molar-refractivity contribution >= 4 is 22.8 Å². The minimum atomic E-state index is -1.20.